The zero-order valence-corrected chi connectivity index (χ0v) is 34.3. The number of hydrogen-bond donors (Lipinski definition) is 1. The topological polar surface area (TPSA) is 118 Å². The number of aliphatic carboxylic acids is 1. The molecule has 0 radical (unpaired) electrons. The Morgan fingerprint density at radius 3 is 1.54 bits per heavy atom. The summed E-state index contributed by atoms with van der Waals surface area (Å²) in [5.74, 6) is 5.25. The van der Waals surface area contributed by atoms with Crippen molar-refractivity contribution in [3.05, 3.63) is 0 Å². The van der Waals surface area contributed by atoms with Gasteiger partial charge in [0, 0.05) is 25.6 Å². The molecule has 3 rings (SSSR count). The van der Waals surface area contributed by atoms with Gasteiger partial charge in [-0.1, -0.05) is 68.2 Å². The summed E-state index contributed by atoms with van der Waals surface area (Å²) in [6, 6.07) is 0. The highest BCUT2D eigenvalue weighted by Crippen LogP contribution is 2.35. The molecule has 0 aromatic rings. The largest absolute Gasteiger partial charge is 0.481 e. The van der Waals surface area contributed by atoms with Crippen LogP contribution in [0.25, 0.3) is 0 Å². The molecule has 3 fully saturated rings. The molecule has 1 heterocycles. The van der Waals surface area contributed by atoms with E-state index in [1.54, 1.807) is 0 Å². The Morgan fingerprint density at radius 1 is 0.688 bits per heavy atom. The molecule has 0 amide bonds. The standard InChI is InChI=1S/C12H24O2S.C11H20O2.C9H19NO.C6H14O2S/c1-10(2)12-6-4-11(5-7-12)8-9-15(3,13)14;1-8(2)7-9-3-5-10(6-4-9)11(12)13;1-9(2)3-4-10-5-7-11-8-6-10;1-6(2)4-5-9(3,7)8/h10-12H,4-9H2,1-3H3;8-10H,3-7H2,1-2H3,(H,12,13);9H,3-8H2,1-2H3;6H,4-5H2,1-3H3. The Morgan fingerprint density at radius 2 is 1.17 bits per heavy atom. The number of rotatable bonds is 13. The van der Waals surface area contributed by atoms with Gasteiger partial charge in [0.1, 0.15) is 19.7 Å². The van der Waals surface area contributed by atoms with Crippen LogP contribution in [0.2, 0.25) is 0 Å². The average molecular weight is 724 g/mol. The minimum absolute atomic E-state index is 0.0524. The van der Waals surface area contributed by atoms with Crippen LogP contribution in [0, 0.1) is 47.3 Å². The van der Waals surface area contributed by atoms with Gasteiger partial charge in [0.2, 0.25) is 0 Å². The fraction of sp³-hybridized carbons (Fsp3) is 0.974. The number of morpholine rings is 1. The number of carbonyl (C=O) groups is 1. The monoisotopic (exact) mass is 724 g/mol. The van der Waals surface area contributed by atoms with Crippen LogP contribution in [0.15, 0.2) is 0 Å². The van der Waals surface area contributed by atoms with Gasteiger partial charge in [0.25, 0.3) is 0 Å². The molecular formula is C38H77NO7S2. The van der Waals surface area contributed by atoms with Crippen LogP contribution in [-0.2, 0) is 29.2 Å². The maximum absolute atomic E-state index is 11.0. The normalized spacial score (nSPS) is 23.9. The number of carboxylic acid groups (broad SMARTS) is 1. The van der Waals surface area contributed by atoms with Gasteiger partial charge in [-0.2, -0.15) is 0 Å². The van der Waals surface area contributed by atoms with E-state index in [4.69, 9.17) is 9.84 Å². The Bertz CT molecular complexity index is 1020. The SMILES string of the molecule is CC(C)C1CCC(CCS(C)(=O)=O)CC1.CC(C)CC1CCC(C(=O)O)CC1.CC(C)CCN1CCOCC1.CC(C)CCS(C)(=O)=O. The Hall–Kier alpha value is -0.710. The summed E-state index contributed by atoms with van der Waals surface area (Å²) in [6.45, 7) is 23.0. The zero-order valence-electron chi connectivity index (χ0n) is 32.7. The molecule has 1 aliphatic heterocycles. The van der Waals surface area contributed by atoms with E-state index in [9.17, 15) is 21.6 Å². The highest BCUT2D eigenvalue weighted by Gasteiger charge is 2.26. The highest BCUT2D eigenvalue weighted by atomic mass is 32.2. The fourth-order valence-electron chi connectivity index (χ4n) is 6.55. The van der Waals surface area contributed by atoms with Crippen LogP contribution in [0.5, 0.6) is 0 Å². The predicted octanol–water partition coefficient (Wildman–Crippen LogP) is 8.25. The van der Waals surface area contributed by atoms with E-state index in [0.717, 1.165) is 94.4 Å². The van der Waals surface area contributed by atoms with Crippen LogP contribution in [0.3, 0.4) is 0 Å². The van der Waals surface area contributed by atoms with Crippen LogP contribution < -0.4 is 0 Å². The molecule has 2 aliphatic carbocycles. The lowest BCUT2D eigenvalue weighted by atomic mass is 9.76. The van der Waals surface area contributed by atoms with Crippen molar-refractivity contribution in [2.45, 2.75) is 132 Å². The Kier molecular flexibility index (Phi) is 24.9. The van der Waals surface area contributed by atoms with Crippen molar-refractivity contribution in [1.29, 1.82) is 0 Å². The predicted molar refractivity (Wildman–Crippen MR) is 203 cm³/mol. The van der Waals surface area contributed by atoms with E-state index in [1.165, 1.54) is 57.6 Å². The summed E-state index contributed by atoms with van der Waals surface area (Å²) in [4.78, 5) is 13.2. The summed E-state index contributed by atoms with van der Waals surface area (Å²) < 4.78 is 48.4. The molecule has 2 saturated carbocycles. The molecule has 0 aromatic heterocycles. The van der Waals surface area contributed by atoms with E-state index in [2.05, 4.69) is 46.4 Å². The molecule has 0 atom stereocenters. The number of carboxylic acids is 1. The molecular weight excluding hydrogens is 647 g/mol. The van der Waals surface area contributed by atoms with Gasteiger partial charge in [-0.3, -0.25) is 9.69 Å². The zero-order chi connectivity index (χ0) is 36.9. The second kappa shape index (κ2) is 25.3. The van der Waals surface area contributed by atoms with Crippen LogP contribution in [-0.4, -0.2) is 89.7 Å². The van der Waals surface area contributed by atoms with Gasteiger partial charge >= 0.3 is 5.97 Å². The molecule has 10 heteroatoms. The molecule has 0 spiro atoms. The van der Waals surface area contributed by atoms with Crippen molar-refractivity contribution in [1.82, 2.24) is 4.90 Å². The number of sulfone groups is 2. The first-order valence-electron chi connectivity index (χ1n) is 19.1. The second-order valence-electron chi connectivity index (χ2n) is 16.6. The lowest BCUT2D eigenvalue weighted by Crippen LogP contribution is -2.37. The maximum atomic E-state index is 11.0. The first kappa shape index (κ1) is 47.3. The van der Waals surface area contributed by atoms with Crippen LogP contribution in [0.4, 0.5) is 0 Å². The van der Waals surface area contributed by atoms with Gasteiger partial charge < -0.3 is 9.84 Å². The molecule has 8 nitrogen and oxygen atoms in total. The molecule has 0 unspecified atom stereocenters. The summed E-state index contributed by atoms with van der Waals surface area (Å²) in [5.41, 5.74) is 0. The lowest BCUT2D eigenvalue weighted by Gasteiger charge is -2.30. The van der Waals surface area contributed by atoms with Crippen molar-refractivity contribution < 1.29 is 31.5 Å². The van der Waals surface area contributed by atoms with Crippen molar-refractivity contribution in [3.63, 3.8) is 0 Å². The third-order valence-corrected chi connectivity index (χ3v) is 11.9. The molecule has 288 valence electrons. The number of nitrogens with zero attached hydrogens (tertiary/aromatic N) is 1. The minimum Gasteiger partial charge on any atom is -0.481 e. The van der Waals surface area contributed by atoms with Crippen molar-refractivity contribution >= 4 is 25.6 Å². The molecule has 1 N–H and O–H groups in total. The van der Waals surface area contributed by atoms with Gasteiger partial charge in [-0.15, -0.1) is 0 Å². The van der Waals surface area contributed by atoms with Crippen LogP contribution >= 0.6 is 0 Å². The van der Waals surface area contributed by atoms with Crippen molar-refractivity contribution in [2.24, 2.45) is 47.3 Å². The van der Waals surface area contributed by atoms with Crippen LogP contribution in [0.1, 0.15) is 132 Å². The highest BCUT2D eigenvalue weighted by molar-refractivity contribution is 7.90. The summed E-state index contributed by atoms with van der Waals surface area (Å²) in [7, 11) is -5.47. The lowest BCUT2D eigenvalue weighted by molar-refractivity contribution is -0.143. The number of ether oxygens (including phenoxy) is 1. The quantitative estimate of drug-likeness (QED) is 0.202. The third-order valence-electron chi connectivity index (χ3n) is 9.92. The first-order chi connectivity index (χ1) is 22.2. The van der Waals surface area contributed by atoms with E-state index in [1.807, 2.05) is 13.8 Å². The van der Waals surface area contributed by atoms with E-state index < -0.39 is 25.6 Å². The fourth-order valence-corrected chi connectivity index (χ4v) is 8.21. The smallest absolute Gasteiger partial charge is 0.306 e. The minimum atomic E-state index is -2.75. The Labute approximate surface area is 297 Å². The third kappa shape index (κ3) is 28.0. The van der Waals surface area contributed by atoms with Gasteiger partial charge in [-0.25, -0.2) is 16.8 Å². The van der Waals surface area contributed by atoms with E-state index >= 15 is 0 Å². The van der Waals surface area contributed by atoms with Gasteiger partial charge in [0.15, 0.2) is 0 Å². The summed E-state index contributed by atoms with van der Waals surface area (Å²) >= 11 is 0. The van der Waals surface area contributed by atoms with Gasteiger partial charge in [0.05, 0.1) is 30.6 Å². The van der Waals surface area contributed by atoms with Crippen molar-refractivity contribution in [3.8, 4) is 0 Å². The molecule has 3 aliphatic rings. The summed E-state index contributed by atoms with van der Waals surface area (Å²) in [5, 5.41) is 8.81. The molecule has 0 aromatic carbocycles. The molecule has 1 saturated heterocycles. The van der Waals surface area contributed by atoms with E-state index in [0.29, 0.717) is 23.3 Å². The molecule has 0 bridgehead atoms. The second-order valence-corrected chi connectivity index (χ2v) is 21.1. The number of hydrogen-bond acceptors (Lipinski definition) is 7. The Balaban J connectivity index is 0.000000624. The maximum Gasteiger partial charge on any atom is 0.306 e. The molecule has 48 heavy (non-hydrogen) atoms. The van der Waals surface area contributed by atoms with E-state index in [-0.39, 0.29) is 5.92 Å². The first-order valence-corrected chi connectivity index (χ1v) is 23.2. The summed E-state index contributed by atoms with van der Waals surface area (Å²) in [6.07, 6.45) is 16.0. The van der Waals surface area contributed by atoms with Crippen molar-refractivity contribution in [2.75, 3.05) is 56.9 Å². The average Bonchev–Trinajstić information content (AvgIpc) is 2.99. The van der Waals surface area contributed by atoms with Gasteiger partial charge in [-0.05, 0) is 112 Å².